The van der Waals surface area contributed by atoms with Crippen LogP contribution in [-0.4, -0.2) is 44.3 Å². The van der Waals surface area contributed by atoms with Crippen LogP contribution in [0.5, 0.6) is 0 Å². The number of rotatable bonds is 8. The number of aliphatic carboxylic acids is 4. The van der Waals surface area contributed by atoms with Crippen molar-refractivity contribution in [3.63, 3.8) is 0 Å². The molecule has 0 aromatic heterocycles. The molecule has 4 N–H and O–H groups in total. The van der Waals surface area contributed by atoms with E-state index in [9.17, 15) is 19.2 Å². The molecule has 33 heavy (non-hydrogen) atoms. The summed E-state index contributed by atoms with van der Waals surface area (Å²) < 4.78 is 0. The molecule has 0 saturated heterocycles. The Hall–Kier alpha value is -3.49. The fraction of sp³-hybridized carbons (Fsp3) is 0.167. The van der Waals surface area contributed by atoms with Gasteiger partial charge in [-0.2, -0.15) is 0 Å². The molecule has 0 amide bonds. The van der Waals surface area contributed by atoms with Crippen molar-refractivity contribution in [3.8, 4) is 0 Å². The summed E-state index contributed by atoms with van der Waals surface area (Å²) in [6.45, 7) is 7.30. The molecule has 0 saturated carbocycles. The zero-order valence-electron chi connectivity index (χ0n) is 19.2. The van der Waals surface area contributed by atoms with Crippen LogP contribution in [-0.2, 0) is 40.9 Å². The van der Waals surface area contributed by atoms with Crippen molar-refractivity contribution < 1.29 is 61.3 Å². The van der Waals surface area contributed by atoms with Crippen LogP contribution in [0, 0.1) is 0 Å². The van der Waals surface area contributed by atoms with E-state index >= 15 is 0 Å². The van der Waals surface area contributed by atoms with Gasteiger partial charge in [0.25, 0.3) is 0 Å². The van der Waals surface area contributed by atoms with Crippen LogP contribution in [0.3, 0.4) is 0 Å². The molecule has 0 aromatic rings. The van der Waals surface area contributed by atoms with Crippen LogP contribution in [0.15, 0.2) is 97.2 Å². The third-order valence-corrected chi connectivity index (χ3v) is 2.17. The molecular formula is C24H32O8Ti. The van der Waals surface area contributed by atoms with Gasteiger partial charge in [-0.3, -0.25) is 0 Å². The van der Waals surface area contributed by atoms with E-state index in [1.165, 1.54) is 24.3 Å². The van der Waals surface area contributed by atoms with E-state index < -0.39 is 23.9 Å². The molecule has 0 bridgehead atoms. The van der Waals surface area contributed by atoms with E-state index in [0.717, 1.165) is 24.3 Å². The number of carboxylic acids is 4. The summed E-state index contributed by atoms with van der Waals surface area (Å²) in [5.41, 5.74) is 0. The zero-order chi connectivity index (χ0) is 25.6. The van der Waals surface area contributed by atoms with Gasteiger partial charge in [0.2, 0.25) is 0 Å². The summed E-state index contributed by atoms with van der Waals surface area (Å²) in [5.74, 6) is -3.66. The Bertz CT molecular complexity index is 624. The third-order valence-electron chi connectivity index (χ3n) is 2.17. The Balaban J connectivity index is -0.000000105. The van der Waals surface area contributed by atoms with E-state index in [0.29, 0.717) is 0 Å². The Labute approximate surface area is 209 Å². The minimum absolute atomic E-state index is 0. The summed E-state index contributed by atoms with van der Waals surface area (Å²) >= 11 is 0. The number of carbonyl (C=O) groups is 4. The second kappa shape index (κ2) is 35.9. The Morgan fingerprint density at radius 1 is 0.394 bits per heavy atom. The predicted molar refractivity (Wildman–Crippen MR) is 126 cm³/mol. The monoisotopic (exact) mass is 496 g/mol. The van der Waals surface area contributed by atoms with E-state index in [1.54, 1.807) is 48.6 Å². The fourth-order valence-electron chi connectivity index (χ4n) is 0.996. The van der Waals surface area contributed by atoms with Gasteiger partial charge in [-0.25, -0.2) is 19.2 Å². The van der Waals surface area contributed by atoms with Crippen LogP contribution in [0.4, 0.5) is 0 Å². The Morgan fingerprint density at radius 2 is 0.545 bits per heavy atom. The molecule has 0 unspecified atom stereocenters. The van der Waals surface area contributed by atoms with Crippen LogP contribution in [0.2, 0.25) is 0 Å². The molecule has 0 radical (unpaired) electrons. The van der Waals surface area contributed by atoms with Crippen LogP contribution in [0.25, 0.3) is 0 Å². The molecule has 8 nitrogen and oxygen atoms in total. The molecule has 0 aromatic carbocycles. The van der Waals surface area contributed by atoms with Crippen molar-refractivity contribution in [2.75, 3.05) is 0 Å². The summed E-state index contributed by atoms with van der Waals surface area (Å²) in [4.78, 5) is 39.0. The van der Waals surface area contributed by atoms with Gasteiger partial charge in [-0.15, -0.1) is 0 Å². The van der Waals surface area contributed by atoms with Crippen LogP contribution >= 0.6 is 0 Å². The van der Waals surface area contributed by atoms with Crippen molar-refractivity contribution in [2.45, 2.75) is 27.7 Å². The molecule has 0 aliphatic carbocycles. The smallest absolute Gasteiger partial charge is 0.328 e. The minimum Gasteiger partial charge on any atom is -0.478 e. The van der Waals surface area contributed by atoms with E-state index in [-0.39, 0.29) is 21.7 Å². The van der Waals surface area contributed by atoms with Crippen LogP contribution < -0.4 is 0 Å². The summed E-state index contributed by atoms with van der Waals surface area (Å²) in [6.07, 6.45) is 23.9. The minimum atomic E-state index is -0.914. The van der Waals surface area contributed by atoms with E-state index in [4.69, 9.17) is 20.4 Å². The third kappa shape index (κ3) is 73.5. The second-order valence-corrected chi connectivity index (χ2v) is 4.89. The molecule has 9 heteroatoms. The van der Waals surface area contributed by atoms with Crippen molar-refractivity contribution in [3.05, 3.63) is 97.2 Å². The molecule has 0 aliphatic heterocycles. The summed E-state index contributed by atoms with van der Waals surface area (Å²) in [5, 5.41) is 32.1. The quantitative estimate of drug-likeness (QED) is 0.212. The average molecular weight is 496 g/mol. The SMILES string of the molecule is C/C=C/C=C/C(=O)O.C/C=C/C=C/C(=O)O.C/C=C/C=C/C(=O)O.C/C=C/C=C/C(=O)O.[Ti]. The topological polar surface area (TPSA) is 149 Å². The van der Waals surface area contributed by atoms with Crippen molar-refractivity contribution >= 4 is 23.9 Å². The maximum atomic E-state index is 9.75. The van der Waals surface area contributed by atoms with Gasteiger partial charge in [0.15, 0.2) is 0 Å². The van der Waals surface area contributed by atoms with Crippen LogP contribution in [0.1, 0.15) is 27.7 Å². The molecule has 0 atom stereocenters. The fourth-order valence-corrected chi connectivity index (χ4v) is 0.996. The molecule has 0 heterocycles. The van der Waals surface area contributed by atoms with Gasteiger partial charge in [-0.1, -0.05) is 72.9 Å². The second-order valence-electron chi connectivity index (χ2n) is 4.89. The van der Waals surface area contributed by atoms with Gasteiger partial charge in [0, 0.05) is 46.0 Å². The number of allylic oxidation sites excluding steroid dienone is 12. The van der Waals surface area contributed by atoms with Gasteiger partial charge < -0.3 is 20.4 Å². The van der Waals surface area contributed by atoms with Gasteiger partial charge in [-0.05, 0) is 27.7 Å². The zero-order valence-corrected chi connectivity index (χ0v) is 20.7. The number of hydrogen-bond acceptors (Lipinski definition) is 4. The number of hydrogen-bond donors (Lipinski definition) is 4. The van der Waals surface area contributed by atoms with Gasteiger partial charge in [0.05, 0.1) is 0 Å². The summed E-state index contributed by atoms with van der Waals surface area (Å²) in [7, 11) is 0. The van der Waals surface area contributed by atoms with Crippen molar-refractivity contribution in [2.24, 2.45) is 0 Å². The van der Waals surface area contributed by atoms with Crippen molar-refractivity contribution in [1.82, 2.24) is 0 Å². The standard InChI is InChI=1S/4C6H8O2.Ti/c4*1-2-3-4-5-6(7)8;/h4*2-5H,1H3,(H,7,8);/b4*3-2+,5-4+;. The molecule has 0 rings (SSSR count). The predicted octanol–water partition coefficient (Wildman–Crippen LogP) is 4.81. The first kappa shape index (κ1) is 39.9. The molecule has 0 aliphatic rings. The normalized spacial score (nSPS) is 10.8. The van der Waals surface area contributed by atoms with E-state index in [2.05, 4.69) is 0 Å². The molecule has 0 spiro atoms. The molecule has 180 valence electrons. The Morgan fingerprint density at radius 3 is 0.636 bits per heavy atom. The largest absolute Gasteiger partial charge is 0.478 e. The van der Waals surface area contributed by atoms with Gasteiger partial charge >= 0.3 is 23.9 Å². The maximum Gasteiger partial charge on any atom is 0.328 e. The Kier molecular flexibility index (Phi) is 43.5. The van der Waals surface area contributed by atoms with Gasteiger partial charge in [0.1, 0.15) is 0 Å². The first-order valence-corrected chi connectivity index (χ1v) is 9.18. The summed E-state index contributed by atoms with van der Waals surface area (Å²) in [6, 6.07) is 0. The average Bonchev–Trinajstić information content (AvgIpc) is 2.69. The van der Waals surface area contributed by atoms with Crippen molar-refractivity contribution in [1.29, 1.82) is 0 Å². The molecule has 0 fully saturated rings. The van der Waals surface area contributed by atoms with E-state index in [1.807, 2.05) is 27.7 Å². The number of carboxylic acid groups (broad SMARTS) is 4. The molecular weight excluding hydrogens is 464 g/mol. The first-order valence-electron chi connectivity index (χ1n) is 9.18. The first-order chi connectivity index (χ1) is 15.1. The maximum absolute atomic E-state index is 9.75.